The number of benzene rings is 9. The van der Waals surface area contributed by atoms with Crippen LogP contribution in [0.25, 0.3) is 66.8 Å². The lowest BCUT2D eigenvalue weighted by molar-refractivity contribution is -0.0399. The first kappa shape index (κ1) is 39.9. The highest BCUT2D eigenvalue weighted by Gasteiger charge is 2.61. The van der Waals surface area contributed by atoms with Gasteiger partial charge >= 0.3 is 0 Å². The molecule has 9 aromatic carbocycles. The Hall–Kier alpha value is -7.22. The third-order valence-corrected chi connectivity index (χ3v) is 17.5. The van der Waals surface area contributed by atoms with E-state index in [4.69, 9.17) is 0 Å². The molecule has 4 saturated carbocycles. The van der Waals surface area contributed by atoms with Crippen LogP contribution in [-0.2, 0) is 10.8 Å². The molecule has 0 unspecified atom stereocenters. The van der Waals surface area contributed by atoms with Gasteiger partial charge in [-0.1, -0.05) is 190 Å². The lowest BCUT2D eigenvalue weighted by Gasteiger charge is -2.61. The quantitative estimate of drug-likeness (QED) is 0.154. The van der Waals surface area contributed by atoms with Crippen molar-refractivity contribution < 1.29 is 0 Å². The summed E-state index contributed by atoms with van der Waals surface area (Å²) in [7, 11) is 0. The zero-order valence-electron chi connectivity index (χ0n) is 39.0. The molecule has 4 bridgehead atoms. The van der Waals surface area contributed by atoms with Crippen molar-refractivity contribution in [3.63, 3.8) is 0 Å². The molecule has 0 amide bonds. The van der Waals surface area contributed by atoms with Crippen LogP contribution in [0.3, 0.4) is 0 Å². The summed E-state index contributed by atoms with van der Waals surface area (Å²) in [6.07, 6.45) is 6.97. The molecule has 1 heteroatoms. The molecule has 4 fully saturated rings. The Kier molecular flexibility index (Phi) is 8.89. The van der Waals surface area contributed by atoms with Gasteiger partial charge in [0.1, 0.15) is 0 Å². The maximum absolute atomic E-state index is 2.63. The van der Waals surface area contributed by atoms with Gasteiger partial charge in [-0.05, 0) is 181 Å². The zero-order valence-corrected chi connectivity index (χ0v) is 39.0. The van der Waals surface area contributed by atoms with Crippen LogP contribution in [0.15, 0.2) is 212 Å². The van der Waals surface area contributed by atoms with Crippen molar-refractivity contribution in [2.24, 2.45) is 23.7 Å². The Labute approximate surface area is 401 Å². The molecule has 0 atom stereocenters. The van der Waals surface area contributed by atoms with Crippen LogP contribution < -0.4 is 4.90 Å². The van der Waals surface area contributed by atoms with Crippen molar-refractivity contribution in [3.8, 4) is 66.8 Å². The SMILES string of the molecule is CC1(C)c2ccccc2-c2cccc(-c3ccc(N(c4ccc(-c5ccc(-c6ccccc6-c6ccccc6)cc5)cc4)c4ccc5c(c4)C4(c6ccccc6-5)C5CC6CC(C5)CC4C6)cc3)c21. The number of nitrogens with zero attached hydrogens (tertiary/aromatic N) is 1. The van der Waals surface area contributed by atoms with E-state index in [1.165, 1.54) is 127 Å². The van der Waals surface area contributed by atoms with E-state index in [2.05, 4.69) is 231 Å². The van der Waals surface area contributed by atoms with Crippen molar-refractivity contribution in [1.82, 2.24) is 0 Å². The largest absolute Gasteiger partial charge is 0.310 e. The summed E-state index contributed by atoms with van der Waals surface area (Å²) in [6, 6.07) is 80.2. The van der Waals surface area contributed by atoms with Gasteiger partial charge in [0.05, 0.1) is 0 Å². The Morgan fingerprint density at radius 2 is 0.750 bits per heavy atom. The highest BCUT2D eigenvalue weighted by Crippen LogP contribution is 2.69. The van der Waals surface area contributed by atoms with Crippen LogP contribution in [0.5, 0.6) is 0 Å². The van der Waals surface area contributed by atoms with E-state index in [1.54, 1.807) is 11.1 Å². The van der Waals surface area contributed by atoms with E-state index < -0.39 is 0 Å². The summed E-state index contributed by atoms with van der Waals surface area (Å²) >= 11 is 0. The van der Waals surface area contributed by atoms with Crippen LogP contribution in [0.2, 0.25) is 0 Å². The fourth-order valence-electron chi connectivity index (χ4n) is 14.9. The van der Waals surface area contributed by atoms with Gasteiger partial charge < -0.3 is 4.90 Å². The Bertz CT molecular complexity index is 3380. The highest BCUT2D eigenvalue weighted by molar-refractivity contribution is 5.91. The van der Waals surface area contributed by atoms with Gasteiger partial charge in [-0.2, -0.15) is 0 Å². The Morgan fingerprint density at radius 1 is 0.324 bits per heavy atom. The zero-order chi connectivity index (χ0) is 45.1. The topological polar surface area (TPSA) is 3.24 Å². The van der Waals surface area contributed by atoms with Crippen LogP contribution >= 0.6 is 0 Å². The molecule has 15 rings (SSSR count). The van der Waals surface area contributed by atoms with Crippen LogP contribution in [0, 0.1) is 23.7 Å². The minimum Gasteiger partial charge on any atom is -0.310 e. The molecule has 9 aromatic rings. The normalized spacial score (nSPS) is 21.9. The summed E-state index contributed by atoms with van der Waals surface area (Å²) in [5.41, 5.74) is 25.2. The smallest absolute Gasteiger partial charge is 0.0465 e. The van der Waals surface area contributed by atoms with Gasteiger partial charge in [0.25, 0.3) is 0 Å². The summed E-state index contributed by atoms with van der Waals surface area (Å²) in [5.74, 6) is 3.24. The number of anilines is 3. The van der Waals surface area contributed by atoms with Crippen LogP contribution in [0.1, 0.15) is 68.2 Å². The lowest BCUT2D eigenvalue weighted by Crippen LogP contribution is -2.55. The number of rotatable bonds is 7. The van der Waals surface area contributed by atoms with Gasteiger partial charge in [0.15, 0.2) is 0 Å². The molecular weight excluding hydrogens is 819 g/mol. The number of hydrogen-bond donors (Lipinski definition) is 0. The average Bonchev–Trinajstić information content (AvgIpc) is 3.81. The predicted octanol–water partition coefficient (Wildman–Crippen LogP) is 17.9. The van der Waals surface area contributed by atoms with E-state index in [9.17, 15) is 0 Å². The first-order valence-electron chi connectivity index (χ1n) is 25.2. The lowest BCUT2D eigenvalue weighted by atomic mass is 9.43. The van der Waals surface area contributed by atoms with Crippen molar-refractivity contribution in [2.75, 3.05) is 4.90 Å². The summed E-state index contributed by atoms with van der Waals surface area (Å²) in [6.45, 7) is 4.78. The Balaban J connectivity index is 0.866. The Morgan fingerprint density at radius 3 is 1.38 bits per heavy atom. The predicted molar refractivity (Wildman–Crippen MR) is 284 cm³/mol. The van der Waals surface area contributed by atoms with Crippen LogP contribution in [-0.4, -0.2) is 0 Å². The van der Waals surface area contributed by atoms with E-state index in [-0.39, 0.29) is 10.8 Å². The third kappa shape index (κ3) is 5.87. The summed E-state index contributed by atoms with van der Waals surface area (Å²) in [4.78, 5) is 2.53. The summed E-state index contributed by atoms with van der Waals surface area (Å²) in [5, 5.41) is 0. The minimum atomic E-state index is -0.0855. The maximum Gasteiger partial charge on any atom is 0.0465 e. The second kappa shape index (κ2) is 15.1. The second-order valence-corrected chi connectivity index (χ2v) is 21.3. The van der Waals surface area contributed by atoms with Crippen molar-refractivity contribution in [3.05, 3.63) is 235 Å². The molecule has 0 heterocycles. The molecule has 0 radical (unpaired) electrons. The van der Waals surface area contributed by atoms with Crippen molar-refractivity contribution in [2.45, 2.75) is 56.8 Å². The van der Waals surface area contributed by atoms with E-state index >= 15 is 0 Å². The van der Waals surface area contributed by atoms with E-state index in [0.29, 0.717) is 11.8 Å². The van der Waals surface area contributed by atoms with E-state index in [1.807, 2.05) is 0 Å². The van der Waals surface area contributed by atoms with Gasteiger partial charge in [-0.3, -0.25) is 0 Å². The molecule has 6 aliphatic carbocycles. The fraction of sp³-hybridized carbons (Fsp3) is 0.194. The van der Waals surface area contributed by atoms with E-state index in [0.717, 1.165) is 11.8 Å². The highest BCUT2D eigenvalue weighted by atomic mass is 15.1. The van der Waals surface area contributed by atoms with Gasteiger partial charge in [0, 0.05) is 27.9 Å². The maximum atomic E-state index is 2.63. The standard InChI is InChI=1S/C67H55N/c1-66(2)62-21-10-8-18-59(62)61-20-12-19-57(65(61)66)49-29-33-53(34-30-49)68(52-31-27-46(28-32-52)45-23-25-48(26-24-45)56-16-7-6-15-55(56)47-13-4-3-5-14-47)54-35-36-60-58-17-9-11-22-63(58)67(64(60)42-54)50-38-43-37-44(40-50)41-51(67)39-43/h3-36,42-44,50-51H,37-41H2,1-2H3. The average molecular weight is 874 g/mol. The van der Waals surface area contributed by atoms with Gasteiger partial charge in [-0.15, -0.1) is 0 Å². The molecule has 68 heavy (non-hydrogen) atoms. The molecule has 6 aliphatic rings. The molecule has 0 N–H and O–H groups in total. The van der Waals surface area contributed by atoms with Gasteiger partial charge in [0.2, 0.25) is 0 Å². The number of fused-ring (bicyclic) bond motifs is 6. The fourth-order valence-corrected chi connectivity index (χ4v) is 14.9. The molecule has 0 aromatic heterocycles. The molecule has 1 spiro atoms. The number of hydrogen-bond acceptors (Lipinski definition) is 1. The van der Waals surface area contributed by atoms with Crippen molar-refractivity contribution >= 4 is 17.1 Å². The minimum absolute atomic E-state index is 0.0855. The molecule has 0 saturated heterocycles. The summed E-state index contributed by atoms with van der Waals surface area (Å²) < 4.78 is 0. The van der Waals surface area contributed by atoms with Crippen molar-refractivity contribution in [1.29, 1.82) is 0 Å². The second-order valence-electron chi connectivity index (χ2n) is 21.3. The van der Waals surface area contributed by atoms with Gasteiger partial charge in [-0.25, -0.2) is 0 Å². The first-order chi connectivity index (χ1) is 33.4. The molecule has 328 valence electrons. The molecular formula is C67H55N. The third-order valence-electron chi connectivity index (χ3n) is 17.5. The monoisotopic (exact) mass is 873 g/mol. The molecule has 1 nitrogen and oxygen atoms in total. The molecule has 0 aliphatic heterocycles. The first-order valence-corrected chi connectivity index (χ1v) is 25.2. The van der Waals surface area contributed by atoms with Crippen LogP contribution in [0.4, 0.5) is 17.1 Å².